The van der Waals surface area contributed by atoms with Crippen LogP contribution in [0, 0.1) is 6.92 Å². The molecule has 2 aromatic heterocycles. The molecule has 2 heterocycles. The van der Waals surface area contributed by atoms with Crippen molar-refractivity contribution in [2.24, 2.45) is 0 Å². The lowest BCUT2D eigenvalue weighted by Gasteiger charge is -2.06. The van der Waals surface area contributed by atoms with Gasteiger partial charge in [-0.3, -0.25) is 4.79 Å². The number of rotatable bonds is 6. The summed E-state index contributed by atoms with van der Waals surface area (Å²) in [4.78, 5) is 17.1. The predicted molar refractivity (Wildman–Crippen MR) is 109 cm³/mol. The number of para-hydroxylation sites is 2. The first-order valence-corrected chi connectivity index (χ1v) is 9.77. The van der Waals surface area contributed by atoms with Crippen LogP contribution in [0.3, 0.4) is 0 Å². The number of nitrogens with zero attached hydrogens (tertiary/aromatic N) is 3. The molecule has 0 fully saturated rings. The number of nitrogens with one attached hydrogen (secondary N) is 1. The van der Waals surface area contributed by atoms with E-state index in [2.05, 4.69) is 21.5 Å². The van der Waals surface area contributed by atoms with E-state index in [0.717, 1.165) is 34.7 Å². The second-order valence-electron chi connectivity index (χ2n) is 6.33. The Morgan fingerprint density at radius 3 is 2.70 bits per heavy atom. The fourth-order valence-electron chi connectivity index (χ4n) is 3.03. The van der Waals surface area contributed by atoms with Gasteiger partial charge in [0.25, 0.3) is 5.91 Å². The Balaban J connectivity index is 1.34. The van der Waals surface area contributed by atoms with Crippen LogP contribution in [0.15, 0.2) is 60.8 Å². The van der Waals surface area contributed by atoms with Gasteiger partial charge in [0.1, 0.15) is 0 Å². The van der Waals surface area contributed by atoms with Crippen LogP contribution >= 0.6 is 11.3 Å². The fourth-order valence-corrected chi connectivity index (χ4v) is 4.03. The second-order valence-corrected chi connectivity index (χ2v) is 7.44. The van der Waals surface area contributed by atoms with Gasteiger partial charge in [-0.05, 0) is 37.6 Å². The molecule has 4 aromatic rings. The van der Waals surface area contributed by atoms with Crippen LogP contribution < -0.4 is 5.32 Å². The summed E-state index contributed by atoms with van der Waals surface area (Å²) in [5.74, 6) is -0.0843. The molecule has 6 heteroatoms. The number of aromatic nitrogens is 3. The summed E-state index contributed by atoms with van der Waals surface area (Å²) in [6.07, 6.45) is 3.35. The minimum absolute atomic E-state index is 0.0843. The highest BCUT2D eigenvalue weighted by atomic mass is 32.1. The average Bonchev–Trinajstić information content (AvgIpc) is 3.29. The van der Waals surface area contributed by atoms with Crippen LogP contribution in [0.1, 0.15) is 27.5 Å². The Kier molecular flexibility index (Phi) is 4.98. The molecule has 0 aliphatic carbocycles. The fraction of sp³-hybridized carbons (Fsp3) is 0.190. The Hall–Kier alpha value is -2.99. The molecule has 136 valence electrons. The molecular formula is C21H20N4OS. The van der Waals surface area contributed by atoms with Crippen molar-refractivity contribution in [2.75, 3.05) is 6.54 Å². The lowest BCUT2D eigenvalue weighted by Crippen LogP contribution is -2.25. The van der Waals surface area contributed by atoms with Crippen molar-refractivity contribution in [1.82, 2.24) is 20.1 Å². The number of carbonyl (C=O) groups is 1. The summed E-state index contributed by atoms with van der Waals surface area (Å²) in [5, 5.41) is 8.46. The molecule has 0 bridgehead atoms. The van der Waals surface area contributed by atoms with Crippen molar-refractivity contribution >= 4 is 27.5 Å². The number of hydrogen-bond acceptors (Lipinski definition) is 4. The molecule has 0 aliphatic rings. The third-order valence-electron chi connectivity index (χ3n) is 4.45. The van der Waals surface area contributed by atoms with Crippen LogP contribution in [-0.2, 0) is 6.42 Å². The molecule has 2 aromatic carbocycles. The smallest absolute Gasteiger partial charge is 0.254 e. The summed E-state index contributed by atoms with van der Waals surface area (Å²) in [6.45, 7) is 2.53. The molecule has 5 nitrogen and oxygen atoms in total. The zero-order valence-electron chi connectivity index (χ0n) is 15.1. The van der Waals surface area contributed by atoms with Gasteiger partial charge in [-0.15, -0.1) is 11.3 Å². The Labute approximate surface area is 161 Å². The number of aryl methyl sites for hydroxylation is 1. The van der Waals surface area contributed by atoms with E-state index in [1.807, 2.05) is 55.5 Å². The average molecular weight is 376 g/mol. The SMILES string of the molecule is Cc1c(C(=O)NCCCc2nc3ccccc3s2)cnn1-c1ccccc1. The normalized spacial score (nSPS) is 11.0. The molecule has 1 amide bonds. The van der Waals surface area contributed by atoms with Crippen molar-refractivity contribution < 1.29 is 4.79 Å². The second kappa shape index (κ2) is 7.72. The molecule has 0 unspecified atom stereocenters. The maximum absolute atomic E-state index is 12.5. The summed E-state index contributed by atoms with van der Waals surface area (Å²) >= 11 is 1.72. The van der Waals surface area contributed by atoms with E-state index in [4.69, 9.17) is 0 Å². The minimum atomic E-state index is -0.0843. The third kappa shape index (κ3) is 3.75. The largest absolute Gasteiger partial charge is 0.352 e. The molecule has 0 radical (unpaired) electrons. The van der Waals surface area contributed by atoms with Gasteiger partial charge in [-0.2, -0.15) is 5.10 Å². The monoisotopic (exact) mass is 376 g/mol. The van der Waals surface area contributed by atoms with Crippen LogP contribution in [0.5, 0.6) is 0 Å². The summed E-state index contributed by atoms with van der Waals surface area (Å²) in [5.41, 5.74) is 3.44. The molecule has 4 rings (SSSR count). The van der Waals surface area contributed by atoms with E-state index < -0.39 is 0 Å². The van der Waals surface area contributed by atoms with E-state index in [1.165, 1.54) is 4.70 Å². The zero-order valence-corrected chi connectivity index (χ0v) is 15.9. The molecule has 27 heavy (non-hydrogen) atoms. The van der Waals surface area contributed by atoms with Gasteiger partial charge in [0.15, 0.2) is 0 Å². The highest BCUT2D eigenvalue weighted by Gasteiger charge is 2.14. The summed E-state index contributed by atoms with van der Waals surface area (Å²) in [6, 6.07) is 18.0. The lowest BCUT2D eigenvalue weighted by molar-refractivity contribution is 0.0952. The maximum atomic E-state index is 12.5. The number of hydrogen-bond donors (Lipinski definition) is 1. The summed E-state index contributed by atoms with van der Waals surface area (Å²) < 4.78 is 3.00. The lowest BCUT2D eigenvalue weighted by atomic mass is 10.2. The molecule has 0 saturated carbocycles. The van der Waals surface area contributed by atoms with E-state index in [1.54, 1.807) is 22.2 Å². The predicted octanol–water partition coefficient (Wildman–Crippen LogP) is 4.15. The van der Waals surface area contributed by atoms with E-state index in [-0.39, 0.29) is 5.91 Å². The standard InChI is InChI=1S/C21H20N4OS/c1-15-17(14-23-25(15)16-8-3-2-4-9-16)21(26)22-13-7-12-20-24-18-10-5-6-11-19(18)27-20/h2-6,8-11,14H,7,12-13H2,1H3,(H,22,26). The van der Waals surface area contributed by atoms with Crippen molar-refractivity contribution in [3.05, 3.63) is 77.1 Å². The summed E-state index contributed by atoms with van der Waals surface area (Å²) in [7, 11) is 0. The van der Waals surface area contributed by atoms with Gasteiger partial charge in [0.05, 0.1) is 38.4 Å². The highest BCUT2D eigenvalue weighted by molar-refractivity contribution is 7.18. The van der Waals surface area contributed by atoms with Crippen LogP contribution in [0.2, 0.25) is 0 Å². The first-order chi connectivity index (χ1) is 13.2. The van der Waals surface area contributed by atoms with E-state index >= 15 is 0 Å². The van der Waals surface area contributed by atoms with Crippen molar-refractivity contribution in [2.45, 2.75) is 19.8 Å². The maximum Gasteiger partial charge on any atom is 0.254 e. The first kappa shape index (κ1) is 17.4. The van der Waals surface area contributed by atoms with E-state index in [9.17, 15) is 4.79 Å². The number of carbonyl (C=O) groups excluding carboxylic acids is 1. The van der Waals surface area contributed by atoms with Crippen molar-refractivity contribution in [3.8, 4) is 5.69 Å². The zero-order chi connectivity index (χ0) is 18.6. The molecule has 1 N–H and O–H groups in total. The van der Waals surface area contributed by atoms with Crippen LogP contribution in [0.25, 0.3) is 15.9 Å². The molecule has 0 aliphatic heterocycles. The Morgan fingerprint density at radius 2 is 1.89 bits per heavy atom. The van der Waals surface area contributed by atoms with Gasteiger partial charge in [0, 0.05) is 13.0 Å². The van der Waals surface area contributed by atoms with Gasteiger partial charge in [-0.25, -0.2) is 9.67 Å². The third-order valence-corrected chi connectivity index (χ3v) is 5.54. The van der Waals surface area contributed by atoms with Crippen LogP contribution in [0.4, 0.5) is 0 Å². The Morgan fingerprint density at radius 1 is 1.11 bits per heavy atom. The molecular weight excluding hydrogens is 356 g/mol. The molecule has 0 atom stereocenters. The van der Waals surface area contributed by atoms with E-state index in [0.29, 0.717) is 12.1 Å². The molecule has 0 saturated heterocycles. The van der Waals surface area contributed by atoms with Gasteiger partial charge in [-0.1, -0.05) is 30.3 Å². The number of benzene rings is 2. The topological polar surface area (TPSA) is 59.8 Å². The van der Waals surface area contributed by atoms with Gasteiger partial charge >= 0.3 is 0 Å². The Bertz CT molecular complexity index is 1040. The van der Waals surface area contributed by atoms with Crippen molar-refractivity contribution in [3.63, 3.8) is 0 Å². The quantitative estimate of drug-likeness (QED) is 0.514. The first-order valence-electron chi connectivity index (χ1n) is 8.95. The van der Waals surface area contributed by atoms with Crippen molar-refractivity contribution in [1.29, 1.82) is 0 Å². The van der Waals surface area contributed by atoms with Gasteiger partial charge < -0.3 is 5.32 Å². The number of fused-ring (bicyclic) bond motifs is 1. The highest BCUT2D eigenvalue weighted by Crippen LogP contribution is 2.22. The molecule has 0 spiro atoms. The minimum Gasteiger partial charge on any atom is -0.352 e. The van der Waals surface area contributed by atoms with Gasteiger partial charge in [0.2, 0.25) is 0 Å². The number of amides is 1. The van der Waals surface area contributed by atoms with Crippen LogP contribution in [-0.4, -0.2) is 27.2 Å². The number of thiazole rings is 1.